The maximum absolute atomic E-state index is 15.1. The minimum Gasteiger partial charge on any atom is -0.456 e. The molecule has 0 saturated carbocycles. The van der Waals surface area contributed by atoms with Crippen LogP contribution in [-0.2, 0) is 26.3 Å². The van der Waals surface area contributed by atoms with Crippen LogP contribution in [0.15, 0.2) is 77.2 Å². The zero-order chi connectivity index (χ0) is 35.0. The average molecular weight is 707 g/mol. The van der Waals surface area contributed by atoms with Crippen LogP contribution in [0.2, 0.25) is 0 Å². The molecular formula is C35H32F2N4O6S2. The molecule has 254 valence electrons. The summed E-state index contributed by atoms with van der Waals surface area (Å²) in [7, 11) is -4.23. The second kappa shape index (κ2) is 11.8. The number of aromatic nitrogens is 2. The van der Waals surface area contributed by atoms with Crippen molar-refractivity contribution >= 4 is 47.4 Å². The van der Waals surface area contributed by atoms with Gasteiger partial charge in [0.15, 0.2) is 0 Å². The van der Waals surface area contributed by atoms with Gasteiger partial charge in [-0.1, -0.05) is 12.1 Å². The van der Waals surface area contributed by atoms with Crippen molar-refractivity contribution in [1.82, 2.24) is 14.9 Å². The third-order valence-electron chi connectivity index (χ3n) is 8.98. The number of aliphatic hydroxyl groups is 1. The Kier molecular flexibility index (Phi) is 7.89. The molecule has 4 heterocycles. The van der Waals surface area contributed by atoms with E-state index in [2.05, 4.69) is 5.32 Å². The smallest absolute Gasteiger partial charge is 0.232 e. The molecule has 49 heavy (non-hydrogen) atoms. The van der Waals surface area contributed by atoms with Gasteiger partial charge in [0.25, 0.3) is 0 Å². The number of benzene rings is 3. The zero-order valence-electron chi connectivity index (χ0n) is 26.9. The highest BCUT2D eigenvalue weighted by Crippen LogP contribution is 2.45. The lowest BCUT2D eigenvalue weighted by Gasteiger charge is -2.29. The van der Waals surface area contributed by atoms with Crippen LogP contribution >= 0.6 is 0 Å². The predicted octanol–water partition coefficient (Wildman–Crippen LogP) is 5.81. The fourth-order valence-corrected chi connectivity index (χ4v) is 8.14. The van der Waals surface area contributed by atoms with Crippen LogP contribution in [0.1, 0.15) is 23.4 Å². The number of fused-ring (bicyclic) bond motifs is 6. The minimum absolute atomic E-state index is 0.158. The first-order chi connectivity index (χ1) is 23.1. The Hall–Kier alpha value is -4.63. The standard InChI is InChI=1S/C35H32F2N4O6S2/c1-38-35(42)32-25-15-24(29(40(2)49(4,45)46)17-31(25)47-34(32)19-8-11-21(36)12-9-19)27-13-10-20-14-22(18-48(3,43)44)41-28-7-5-6-26(37)23(28)16-30(41)33(20)39-27/h5-13,15-17,22,35,38,42H,14,18H2,1-4H3. The van der Waals surface area contributed by atoms with Gasteiger partial charge in [0.05, 0.1) is 46.3 Å². The van der Waals surface area contributed by atoms with Crippen molar-refractivity contribution in [2.45, 2.75) is 18.7 Å². The molecule has 0 bridgehead atoms. The van der Waals surface area contributed by atoms with Gasteiger partial charge in [-0.25, -0.2) is 30.6 Å². The summed E-state index contributed by atoms with van der Waals surface area (Å²) in [6.07, 6.45) is 1.35. The highest BCUT2D eigenvalue weighted by atomic mass is 32.2. The number of halogens is 2. The summed E-state index contributed by atoms with van der Waals surface area (Å²) in [5, 5.41) is 14.7. The third kappa shape index (κ3) is 5.78. The molecule has 2 unspecified atom stereocenters. The SMILES string of the molecule is CNC(O)c1c(-c2ccc(F)cc2)oc2cc(N(C)S(C)(=O)=O)c(-c3ccc4c(n3)-c3cc5c(F)cccc5n3C(CS(C)(=O)=O)C4)cc12. The monoisotopic (exact) mass is 706 g/mol. The molecule has 3 aromatic carbocycles. The second-order valence-corrected chi connectivity index (χ2v) is 16.6. The van der Waals surface area contributed by atoms with E-state index in [4.69, 9.17) is 9.40 Å². The lowest BCUT2D eigenvalue weighted by Crippen LogP contribution is -2.26. The number of hydrogen-bond acceptors (Lipinski definition) is 8. The maximum Gasteiger partial charge on any atom is 0.232 e. The van der Waals surface area contributed by atoms with Crippen LogP contribution in [-0.4, -0.2) is 63.9 Å². The van der Waals surface area contributed by atoms with E-state index >= 15 is 4.39 Å². The van der Waals surface area contributed by atoms with E-state index in [0.29, 0.717) is 56.5 Å². The quantitative estimate of drug-likeness (QED) is 0.190. The Bertz CT molecular complexity index is 2510. The Morgan fingerprint density at radius 1 is 1.02 bits per heavy atom. The zero-order valence-corrected chi connectivity index (χ0v) is 28.5. The molecule has 2 atom stereocenters. The number of nitrogens with one attached hydrogen (secondary N) is 1. The Balaban J connectivity index is 1.49. The molecule has 0 spiro atoms. The molecule has 2 N–H and O–H groups in total. The first kappa shape index (κ1) is 32.9. The van der Waals surface area contributed by atoms with Gasteiger partial charge in [0, 0.05) is 46.8 Å². The summed E-state index contributed by atoms with van der Waals surface area (Å²) >= 11 is 0. The van der Waals surface area contributed by atoms with Gasteiger partial charge in [-0.05, 0) is 73.6 Å². The van der Waals surface area contributed by atoms with Gasteiger partial charge in [-0.15, -0.1) is 0 Å². The minimum atomic E-state index is -3.79. The van der Waals surface area contributed by atoms with Crippen LogP contribution in [0.3, 0.4) is 0 Å². The number of furan rings is 1. The number of anilines is 1. The van der Waals surface area contributed by atoms with E-state index in [1.807, 2.05) is 10.6 Å². The highest BCUT2D eigenvalue weighted by molar-refractivity contribution is 7.92. The summed E-state index contributed by atoms with van der Waals surface area (Å²) in [5.74, 6) is -0.790. The molecule has 3 aromatic heterocycles. The molecule has 6 aromatic rings. The van der Waals surface area contributed by atoms with E-state index in [-0.39, 0.29) is 22.8 Å². The van der Waals surface area contributed by atoms with E-state index in [1.165, 1.54) is 43.6 Å². The largest absolute Gasteiger partial charge is 0.456 e. The molecule has 1 aliphatic heterocycles. The molecule has 0 aliphatic carbocycles. The first-order valence-electron chi connectivity index (χ1n) is 15.3. The number of sulfone groups is 1. The number of nitrogens with zero attached hydrogens (tertiary/aromatic N) is 3. The van der Waals surface area contributed by atoms with Crippen molar-refractivity contribution in [3.63, 3.8) is 0 Å². The maximum atomic E-state index is 15.1. The number of pyridine rings is 1. The molecule has 14 heteroatoms. The lowest BCUT2D eigenvalue weighted by molar-refractivity contribution is 0.150. The Labute approximate surface area is 281 Å². The van der Waals surface area contributed by atoms with Crippen molar-refractivity contribution in [1.29, 1.82) is 0 Å². The number of hydrogen-bond donors (Lipinski definition) is 2. The van der Waals surface area contributed by atoms with Gasteiger partial charge >= 0.3 is 0 Å². The van der Waals surface area contributed by atoms with Gasteiger partial charge < -0.3 is 14.1 Å². The molecule has 7 rings (SSSR count). The van der Waals surface area contributed by atoms with Crippen LogP contribution in [0.25, 0.3) is 55.8 Å². The van der Waals surface area contributed by atoms with E-state index in [9.17, 15) is 26.3 Å². The molecule has 1 aliphatic rings. The molecule has 10 nitrogen and oxygen atoms in total. The number of rotatable bonds is 8. The van der Waals surface area contributed by atoms with Gasteiger partial charge in [0.1, 0.15) is 39.0 Å². The fourth-order valence-electron chi connectivity index (χ4n) is 6.67. The van der Waals surface area contributed by atoms with E-state index in [0.717, 1.165) is 16.1 Å². The Morgan fingerprint density at radius 3 is 2.43 bits per heavy atom. The van der Waals surface area contributed by atoms with Crippen LogP contribution < -0.4 is 9.62 Å². The van der Waals surface area contributed by atoms with Crippen molar-refractivity contribution in [2.24, 2.45) is 0 Å². The normalized spacial score (nSPS) is 15.4. The van der Waals surface area contributed by atoms with Gasteiger partial charge in [-0.2, -0.15) is 0 Å². The van der Waals surface area contributed by atoms with Crippen LogP contribution in [0.5, 0.6) is 0 Å². The number of aliphatic hydroxyl groups excluding tert-OH is 1. The number of sulfonamides is 1. The van der Waals surface area contributed by atoms with Crippen molar-refractivity contribution in [2.75, 3.05) is 36.7 Å². The van der Waals surface area contributed by atoms with Crippen LogP contribution in [0.4, 0.5) is 14.5 Å². The third-order valence-corrected chi connectivity index (χ3v) is 11.2. The predicted molar refractivity (Wildman–Crippen MR) is 185 cm³/mol. The van der Waals surface area contributed by atoms with E-state index in [1.54, 1.807) is 43.4 Å². The first-order valence-corrected chi connectivity index (χ1v) is 19.2. The highest BCUT2D eigenvalue weighted by Gasteiger charge is 2.32. The van der Waals surface area contributed by atoms with Gasteiger partial charge in [-0.3, -0.25) is 9.62 Å². The van der Waals surface area contributed by atoms with Crippen molar-refractivity contribution < 1.29 is 35.1 Å². The molecular weight excluding hydrogens is 675 g/mol. The Morgan fingerprint density at radius 2 is 1.76 bits per heavy atom. The van der Waals surface area contributed by atoms with E-state index < -0.39 is 43.8 Å². The second-order valence-electron chi connectivity index (χ2n) is 12.4. The topological polar surface area (TPSA) is 135 Å². The average Bonchev–Trinajstić information content (AvgIpc) is 3.63. The molecule has 0 saturated heterocycles. The summed E-state index contributed by atoms with van der Waals surface area (Å²) in [6.45, 7) is 0. The summed E-state index contributed by atoms with van der Waals surface area (Å²) in [4.78, 5) is 5.02. The molecule has 0 radical (unpaired) electrons. The fraction of sp³-hybridized carbons (Fsp3) is 0.229. The molecule has 0 amide bonds. The van der Waals surface area contributed by atoms with Gasteiger partial charge in [0.2, 0.25) is 10.0 Å². The summed E-state index contributed by atoms with van der Waals surface area (Å²) in [6, 6.07) is 18.2. The van der Waals surface area contributed by atoms with Crippen LogP contribution in [0, 0.1) is 11.6 Å². The van der Waals surface area contributed by atoms with Crippen molar-refractivity contribution in [3.8, 4) is 34.0 Å². The lowest BCUT2D eigenvalue weighted by atomic mass is 9.96. The molecule has 0 fully saturated rings. The summed E-state index contributed by atoms with van der Waals surface area (Å²) in [5.41, 5.74) is 4.46. The van der Waals surface area contributed by atoms with Crippen molar-refractivity contribution in [3.05, 3.63) is 95.6 Å². The summed E-state index contributed by atoms with van der Waals surface area (Å²) < 4.78 is 88.8.